The number of H-pyrrole nitrogens is 1. The van der Waals surface area contributed by atoms with Crippen LogP contribution in [0.15, 0.2) is 109 Å². The van der Waals surface area contributed by atoms with Gasteiger partial charge in [-0.15, -0.1) is 0 Å². The first kappa shape index (κ1) is 32.6. The van der Waals surface area contributed by atoms with Crippen molar-refractivity contribution in [3.63, 3.8) is 0 Å². The summed E-state index contributed by atoms with van der Waals surface area (Å²) >= 11 is 0. The number of amides is 1. The number of aliphatic hydroxyl groups is 1. The van der Waals surface area contributed by atoms with Gasteiger partial charge in [0.15, 0.2) is 0 Å². The largest absolute Gasteiger partial charge is 0.497 e. The number of aliphatic hydroxyl groups excluding tert-OH is 1. The number of aromatic amines is 1. The molecule has 1 atom stereocenters. The van der Waals surface area contributed by atoms with Crippen molar-refractivity contribution >= 4 is 16.8 Å². The highest BCUT2D eigenvalue weighted by atomic mass is 19.4. The minimum Gasteiger partial charge on any atom is -0.497 e. The van der Waals surface area contributed by atoms with Crippen LogP contribution in [0.4, 0.5) is 13.2 Å². The average Bonchev–Trinajstić information content (AvgIpc) is 3.50. The standard InChI is InChI=1S/C36H35F3N2O5/c1-44-30-16-12-27(13-17-30)35(26-8-4-3-5-9-26,28-14-18-31(45-2)19-15-28)46-24-29(42)23-41(34(43)36(37,38)39)21-20-25-22-40-33-11-7-6-10-32(25)33/h3-19,22,29,40,42H,20-21,23-24H2,1-2H3/t29-/m0/s1. The van der Waals surface area contributed by atoms with E-state index in [2.05, 4.69) is 4.98 Å². The number of rotatable bonds is 13. The quantitative estimate of drug-likeness (QED) is 0.145. The fourth-order valence-electron chi connectivity index (χ4n) is 5.65. The van der Waals surface area contributed by atoms with Crippen molar-refractivity contribution in [3.05, 3.63) is 132 Å². The van der Waals surface area contributed by atoms with Crippen molar-refractivity contribution in [1.82, 2.24) is 9.88 Å². The van der Waals surface area contributed by atoms with Crippen molar-refractivity contribution in [2.75, 3.05) is 33.9 Å². The molecule has 1 heterocycles. The van der Waals surface area contributed by atoms with Gasteiger partial charge in [0.1, 0.15) is 17.1 Å². The molecule has 1 amide bonds. The van der Waals surface area contributed by atoms with E-state index in [1.54, 1.807) is 44.7 Å². The van der Waals surface area contributed by atoms with Gasteiger partial charge >= 0.3 is 12.1 Å². The van der Waals surface area contributed by atoms with Crippen molar-refractivity contribution in [2.24, 2.45) is 0 Å². The van der Waals surface area contributed by atoms with E-state index >= 15 is 0 Å². The van der Waals surface area contributed by atoms with Gasteiger partial charge in [-0.2, -0.15) is 13.2 Å². The summed E-state index contributed by atoms with van der Waals surface area (Å²) < 4.78 is 58.4. The lowest BCUT2D eigenvalue weighted by Crippen LogP contribution is -2.47. The van der Waals surface area contributed by atoms with Crippen LogP contribution in [0.25, 0.3) is 10.9 Å². The molecule has 0 aliphatic carbocycles. The Bertz CT molecular complexity index is 1670. The van der Waals surface area contributed by atoms with Crippen LogP contribution in [0.3, 0.4) is 0 Å². The number of carbonyl (C=O) groups excluding carboxylic acids is 1. The highest BCUT2D eigenvalue weighted by molar-refractivity contribution is 5.84. The normalized spacial score (nSPS) is 12.6. The van der Waals surface area contributed by atoms with E-state index in [1.165, 1.54) is 0 Å². The number of nitrogens with zero attached hydrogens (tertiary/aromatic N) is 1. The number of benzene rings is 4. The Hall–Kier alpha value is -4.80. The van der Waals surface area contributed by atoms with Gasteiger partial charge in [0.2, 0.25) is 0 Å². The highest BCUT2D eigenvalue weighted by Crippen LogP contribution is 2.41. The molecule has 0 saturated heterocycles. The van der Waals surface area contributed by atoms with Crippen LogP contribution in [0.1, 0.15) is 22.3 Å². The summed E-state index contributed by atoms with van der Waals surface area (Å²) in [4.78, 5) is 16.3. The summed E-state index contributed by atoms with van der Waals surface area (Å²) in [5.41, 5.74) is 2.43. The van der Waals surface area contributed by atoms with Crippen molar-refractivity contribution in [2.45, 2.75) is 24.3 Å². The van der Waals surface area contributed by atoms with E-state index in [-0.39, 0.29) is 19.6 Å². The van der Waals surface area contributed by atoms with Crippen LogP contribution in [-0.4, -0.2) is 67.1 Å². The summed E-state index contributed by atoms with van der Waals surface area (Å²) in [6.07, 6.45) is -4.68. The number of hydrogen-bond acceptors (Lipinski definition) is 5. The summed E-state index contributed by atoms with van der Waals surface area (Å²) in [6, 6.07) is 31.2. The molecule has 0 saturated carbocycles. The molecule has 46 heavy (non-hydrogen) atoms. The van der Waals surface area contributed by atoms with E-state index in [1.807, 2.05) is 78.9 Å². The second kappa shape index (κ2) is 14.1. The zero-order chi connectivity index (χ0) is 32.7. The number of halogens is 3. The molecule has 7 nitrogen and oxygen atoms in total. The third kappa shape index (κ3) is 7.03. The number of ether oxygens (including phenoxy) is 3. The number of fused-ring (bicyclic) bond motifs is 1. The van der Waals surface area contributed by atoms with Crippen molar-refractivity contribution in [1.29, 1.82) is 0 Å². The van der Waals surface area contributed by atoms with Gasteiger partial charge in [0, 0.05) is 30.2 Å². The number of para-hydroxylation sites is 1. The van der Waals surface area contributed by atoms with Gasteiger partial charge in [0.25, 0.3) is 0 Å². The Balaban J connectivity index is 1.45. The molecule has 1 aromatic heterocycles. The molecular weight excluding hydrogens is 597 g/mol. The van der Waals surface area contributed by atoms with Gasteiger partial charge in [-0.1, -0.05) is 72.8 Å². The molecule has 240 valence electrons. The molecule has 5 aromatic rings. The first-order valence-electron chi connectivity index (χ1n) is 14.7. The summed E-state index contributed by atoms with van der Waals surface area (Å²) in [5, 5.41) is 12.1. The second-order valence-corrected chi connectivity index (χ2v) is 10.8. The number of aromatic nitrogens is 1. The summed E-state index contributed by atoms with van der Waals surface area (Å²) in [5.74, 6) is -0.778. The number of hydrogen-bond donors (Lipinski definition) is 2. The zero-order valence-electron chi connectivity index (χ0n) is 25.5. The fourth-order valence-corrected chi connectivity index (χ4v) is 5.65. The zero-order valence-corrected chi connectivity index (χ0v) is 25.5. The lowest BCUT2D eigenvalue weighted by Gasteiger charge is -2.37. The Morgan fingerprint density at radius 1 is 0.804 bits per heavy atom. The topological polar surface area (TPSA) is 84.0 Å². The van der Waals surface area contributed by atoms with Crippen molar-refractivity contribution in [3.8, 4) is 11.5 Å². The smallest absolute Gasteiger partial charge is 0.471 e. The van der Waals surface area contributed by atoms with Crippen LogP contribution >= 0.6 is 0 Å². The summed E-state index contributed by atoms with van der Waals surface area (Å²) in [6.45, 7) is -1.23. The average molecular weight is 633 g/mol. The predicted octanol–water partition coefficient (Wildman–Crippen LogP) is 6.49. The van der Waals surface area contributed by atoms with E-state index in [0.717, 1.165) is 22.0 Å². The molecule has 0 bridgehead atoms. The van der Waals surface area contributed by atoms with Crippen molar-refractivity contribution < 1.29 is 37.3 Å². The predicted molar refractivity (Wildman–Crippen MR) is 169 cm³/mol. The third-order valence-electron chi connectivity index (χ3n) is 7.95. The summed E-state index contributed by atoms with van der Waals surface area (Å²) in [7, 11) is 3.12. The Labute approximate surface area is 265 Å². The van der Waals surface area contributed by atoms with Gasteiger partial charge in [-0.3, -0.25) is 4.79 Å². The lowest BCUT2D eigenvalue weighted by molar-refractivity contribution is -0.187. The maximum atomic E-state index is 13.7. The SMILES string of the molecule is COc1ccc(C(OC[C@@H](O)CN(CCc2c[nH]c3ccccc23)C(=O)C(F)(F)F)(c2ccccc2)c2ccc(OC)cc2)cc1. The fraction of sp³-hybridized carbons (Fsp3) is 0.250. The van der Waals surface area contributed by atoms with Crippen LogP contribution in [0.5, 0.6) is 11.5 Å². The minimum atomic E-state index is -5.11. The second-order valence-electron chi connectivity index (χ2n) is 10.8. The maximum absolute atomic E-state index is 13.7. The minimum absolute atomic E-state index is 0.158. The first-order valence-corrected chi connectivity index (χ1v) is 14.7. The number of carbonyl (C=O) groups is 1. The van der Waals surface area contributed by atoms with E-state index in [9.17, 15) is 23.1 Å². The van der Waals surface area contributed by atoms with E-state index in [0.29, 0.717) is 27.5 Å². The molecule has 0 aliphatic heterocycles. The number of nitrogens with one attached hydrogen (secondary N) is 1. The molecule has 10 heteroatoms. The van der Waals surface area contributed by atoms with Gasteiger partial charge < -0.3 is 29.2 Å². The van der Waals surface area contributed by atoms with E-state index < -0.39 is 30.3 Å². The first-order chi connectivity index (χ1) is 22.2. The highest BCUT2D eigenvalue weighted by Gasteiger charge is 2.43. The lowest BCUT2D eigenvalue weighted by atomic mass is 9.80. The van der Waals surface area contributed by atoms with Crippen LogP contribution in [-0.2, 0) is 21.6 Å². The molecule has 0 radical (unpaired) electrons. The maximum Gasteiger partial charge on any atom is 0.471 e. The van der Waals surface area contributed by atoms with E-state index in [4.69, 9.17) is 14.2 Å². The molecule has 0 unspecified atom stereocenters. The number of alkyl halides is 3. The third-order valence-corrected chi connectivity index (χ3v) is 7.95. The molecule has 0 spiro atoms. The van der Waals surface area contributed by atoms with Crippen LogP contribution < -0.4 is 9.47 Å². The molecule has 0 fully saturated rings. The molecular formula is C36H35F3N2O5. The van der Waals surface area contributed by atoms with Crippen LogP contribution in [0.2, 0.25) is 0 Å². The monoisotopic (exact) mass is 632 g/mol. The van der Waals surface area contributed by atoms with Crippen LogP contribution in [0, 0.1) is 0 Å². The molecule has 4 aromatic carbocycles. The Morgan fingerprint density at radius 3 is 1.91 bits per heavy atom. The Morgan fingerprint density at radius 2 is 1.35 bits per heavy atom. The molecule has 5 rings (SSSR count). The van der Waals surface area contributed by atoms with Gasteiger partial charge in [-0.05, 0) is 59.0 Å². The number of methoxy groups -OCH3 is 2. The molecule has 0 aliphatic rings. The molecule has 2 N–H and O–H groups in total. The van der Waals surface area contributed by atoms with Gasteiger partial charge in [0.05, 0.1) is 26.9 Å². The van der Waals surface area contributed by atoms with Gasteiger partial charge in [-0.25, -0.2) is 0 Å². The Kier molecular flexibility index (Phi) is 9.99.